The van der Waals surface area contributed by atoms with E-state index in [-0.39, 0.29) is 16.0 Å². The molecule has 0 saturated carbocycles. The van der Waals surface area contributed by atoms with Crippen LogP contribution in [0.4, 0.5) is 0 Å². The molecule has 31 heavy (non-hydrogen) atoms. The zero-order chi connectivity index (χ0) is 24.6. The number of ether oxygens (including phenoxy) is 2. The molecule has 0 aliphatic carbocycles. The maximum absolute atomic E-state index is 12.2. The van der Waals surface area contributed by atoms with Crippen LogP contribution in [0.25, 0.3) is 0 Å². The minimum Gasteiger partial charge on any atom is -0.433 e. The van der Waals surface area contributed by atoms with Gasteiger partial charge in [-0.25, -0.2) is 0 Å². The normalized spacial score (nSPS) is 28.2. The highest BCUT2D eigenvalue weighted by Gasteiger charge is 2.53. The Morgan fingerprint density at radius 3 is 1.61 bits per heavy atom. The number of nitrogens with one attached hydrogen (secondary N) is 1. The van der Waals surface area contributed by atoms with E-state index >= 15 is 0 Å². The summed E-state index contributed by atoms with van der Waals surface area (Å²) in [6.07, 6.45) is -2.40. The van der Waals surface area contributed by atoms with Crippen molar-refractivity contribution in [3.63, 3.8) is 0 Å². The average Bonchev–Trinajstić information content (AvgIpc) is 2.51. The SMILES string of the molecule is CC(=O)N[C@@H]1[C@H](O[Si](C)(C)C(C)(C)C)[C@@H](OC(C)=O)O[C@H](C)[C@H]1O[Si](C)(C)C(C)(C)C. The quantitative estimate of drug-likeness (QED) is 0.447. The lowest BCUT2D eigenvalue weighted by molar-refractivity contribution is -0.256. The zero-order valence-corrected chi connectivity index (χ0v) is 23.8. The van der Waals surface area contributed by atoms with Crippen molar-refractivity contribution in [3.8, 4) is 0 Å². The van der Waals surface area contributed by atoms with Gasteiger partial charge in [0.25, 0.3) is 0 Å². The lowest BCUT2D eigenvalue weighted by Gasteiger charge is -2.51. The third kappa shape index (κ3) is 7.12. The van der Waals surface area contributed by atoms with E-state index in [0.717, 1.165) is 0 Å². The lowest BCUT2D eigenvalue weighted by atomic mass is 9.97. The van der Waals surface area contributed by atoms with Gasteiger partial charge in [-0.2, -0.15) is 0 Å². The molecule has 0 bridgehead atoms. The summed E-state index contributed by atoms with van der Waals surface area (Å²) in [7, 11) is -4.48. The number of carbonyl (C=O) groups is 2. The molecule has 0 spiro atoms. The second kappa shape index (κ2) is 9.63. The van der Waals surface area contributed by atoms with Gasteiger partial charge in [-0.1, -0.05) is 41.5 Å². The fourth-order valence-corrected chi connectivity index (χ4v) is 5.67. The molecule has 7 nitrogen and oxygen atoms in total. The molecule has 1 fully saturated rings. The summed E-state index contributed by atoms with van der Waals surface area (Å²) in [5.74, 6) is -0.639. The van der Waals surface area contributed by atoms with Gasteiger partial charge in [0.05, 0.1) is 18.2 Å². The summed E-state index contributed by atoms with van der Waals surface area (Å²) >= 11 is 0. The highest BCUT2D eigenvalue weighted by Crippen LogP contribution is 2.42. The Kier molecular flexibility index (Phi) is 8.78. The van der Waals surface area contributed by atoms with Crippen LogP contribution in [0.5, 0.6) is 0 Å². The Labute approximate surface area is 191 Å². The van der Waals surface area contributed by atoms with Crippen LogP contribution in [0.15, 0.2) is 0 Å². The summed E-state index contributed by atoms with van der Waals surface area (Å²) in [5, 5.41) is 2.95. The monoisotopic (exact) mass is 475 g/mol. The first kappa shape index (κ1) is 28.3. The largest absolute Gasteiger partial charge is 0.433 e. The zero-order valence-electron chi connectivity index (χ0n) is 21.8. The molecule has 1 saturated heterocycles. The minimum absolute atomic E-state index is 0.0178. The van der Waals surface area contributed by atoms with E-state index in [0.29, 0.717) is 0 Å². The van der Waals surface area contributed by atoms with Crippen molar-refractivity contribution in [1.29, 1.82) is 0 Å². The molecule has 182 valence electrons. The topological polar surface area (TPSA) is 83.1 Å². The highest BCUT2D eigenvalue weighted by molar-refractivity contribution is 6.74. The molecule has 1 rings (SSSR count). The molecule has 0 unspecified atom stereocenters. The van der Waals surface area contributed by atoms with Crippen molar-refractivity contribution >= 4 is 28.5 Å². The Hall–Kier alpha value is -0.746. The second-order valence-corrected chi connectivity index (χ2v) is 21.2. The lowest BCUT2D eigenvalue weighted by Crippen LogP contribution is -2.69. The Balaban J connectivity index is 3.47. The molecule has 1 amide bonds. The average molecular weight is 476 g/mol. The van der Waals surface area contributed by atoms with E-state index < -0.39 is 53.2 Å². The molecule has 0 radical (unpaired) electrons. The fraction of sp³-hybridized carbons (Fsp3) is 0.909. The number of rotatable bonds is 6. The van der Waals surface area contributed by atoms with Gasteiger partial charge in [-0.05, 0) is 43.2 Å². The summed E-state index contributed by atoms with van der Waals surface area (Å²) in [4.78, 5) is 24.1. The van der Waals surface area contributed by atoms with Crippen LogP contribution in [-0.2, 0) is 27.9 Å². The molecule has 5 atom stereocenters. The third-order valence-electron chi connectivity index (χ3n) is 6.91. The van der Waals surface area contributed by atoms with Crippen LogP contribution in [0.1, 0.15) is 62.3 Å². The number of esters is 1. The summed E-state index contributed by atoms with van der Waals surface area (Å²) in [6.45, 7) is 26.3. The predicted octanol–water partition coefficient (Wildman–Crippen LogP) is 4.58. The van der Waals surface area contributed by atoms with Crippen molar-refractivity contribution in [2.75, 3.05) is 0 Å². The van der Waals surface area contributed by atoms with Crippen molar-refractivity contribution < 1.29 is 27.9 Å². The Morgan fingerprint density at radius 1 is 0.839 bits per heavy atom. The van der Waals surface area contributed by atoms with Crippen molar-refractivity contribution in [2.45, 2.75) is 129 Å². The molecule has 0 aromatic heterocycles. The summed E-state index contributed by atoms with van der Waals surface area (Å²) in [5.41, 5.74) is 0. The van der Waals surface area contributed by atoms with Gasteiger partial charge in [-0.15, -0.1) is 0 Å². The van der Waals surface area contributed by atoms with E-state index in [1.54, 1.807) is 0 Å². The first-order chi connectivity index (χ1) is 13.7. The van der Waals surface area contributed by atoms with Crippen molar-refractivity contribution in [3.05, 3.63) is 0 Å². The number of carbonyl (C=O) groups excluding carboxylic acids is 2. The molecule has 0 aromatic carbocycles. The minimum atomic E-state index is -2.29. The highest BCUT2D eigenvalue weighted by atomic mass is 28.4. The molecule has 1 aliphatic rings. The molecular formula is C22H45NO6Si2. The Bertz CT molecular complexity index is 653. The van der Waals surface area contributed by atoms with Crippen molar-refractivity contribution in [2.24, 2.45) is 0 Å². The van der Waals surface area contributed by atoms with Crippen LogP contribution < -0.4 is 5.32 Å². The van der Waals surface area contributed by atoms with E-state index in [2.05, 4.69) is 73.0 Å². The maximum atomic E-state index is 12.2. The predicted molar refractivity (Wildman–Crippen MR) is 128 cm³/mol. The van der Waals surface area contributed by atoms with Crippen LogP contribution in [0.3, 0.4) is 0 Å². The maximum Gasteiger partial charge on any atom is 0.305 e. The number of hydrogen-bond acceptors (Lipinski definition) is 6. The molecule has 1 heterocycles. The first-order valence-electron chi connectivity index (χ1n) is 11.1. The smallest absolute Gasteiger partial charge is 0.305 e. The standard InChI is InChI=1S/C22H45NO6Si2/c1-14-18(28-30(10,11)21(4,5)6)17(23-15(2)24)19(20(26-14)27-16(3)25)29-31(12,13)22(7,8)9/h14,17-20H,1-13H3,(H,23,24)/t14-,17+,18-,19+,20-/m1/s1. The van der Waals surface area contributed by atoms with Crippen LogP contribution >= 0.6 is 0 Å². The number of amides is 1. The van der Waals surface area contributed by atoms with Crippen molar-refractivity contribution in [1.82, 2.24) is 5.32 Å². The van der Waals surface area contributed by atoms with Crippen LogP contribution in [-0.4, -0.2) is 59.2 Å². The van der Waals surface area contributed by atoms with Gasteiger partial charge < -0.3 is 23.6 Å². The van der Waals surface area contributed by atoms with E-state index in [9.17, 15) is 9.59 Å². The van der Waals surface area contributed by atoms with Gasteiger partial charge in [-0.3, -0.25) is 9.59 Å². The second-order valence-electron chi connectivity index (χ2n) is 11.7. The molecular weight excluding hydrogens is 430 g/mol. The summed E-state index contributed by atoms with van der Waals surface area (Å²) in [6, 6.07) is -0.506. The summed E-state index contributed by atoms with van der Waals surface area (Å²) < 4.78 is 25.1. The van der Waals surface area contributed by atoms with E-state index in [1.165, 1.54) is 13.8 Å². The van der Waals surface area contributed by atoms with Gasteiger partial charge >= 0.3 is 5.97 Å². The van der Waals surface area contributed by atoms with Crippen LogP contribution in [0, 0.1) is 0 Å². The fourth-order valence-electron chi connectivity index (χ4n) is 3.00. The van der Waals surface area contributed by atoms with Crippen LogP contribution in [0.2, 0.25) is 36.3 Å². The van der Waals surface area contributed by atoms with Gasteiger partial charge in [0, 0.05) is 13.8 Å². The van der Waals surface area contributed by atoms with Gasteiger partial charge in [0.1, 0.15) is 6.10 Å². The molecule has 1 N–H and O–H groups in total. The van der Waals surface area contributed by atoms with E-state index in [4.69, 9.17) is 18.3 Å². The molecule has 0 aromatic rings. The number of hydrogen-bond donors (Lipinski definition) is 1. The van der Waals surface area contributed by atoms with Gasteiger partial charge in [0.2, 0.25) is 12.2 Å². The van der Waals surface area contributed by atoms with Gasteiger partial charge in [0.15, 0.2) is 16.6 Å². The third-order valence-corrected chi connectivity index (χ3v) is 15.9. The Morgan fingerprint density at radius 2 is 1.26 bits per heavy atom. The first-order valence-corrected chi connectivity index (χ1v) is 17.0. The molecule has 1 aliphatic heterocycles. The van der Waals surface area contributed by atoms with E-state index in [1.807, 2.05) is 6.92 Å². The molecule has 9 heteroatoms.